The number of pyridine rings is 1. The van der Waals surface area contributed by atoms with Crippen LogP contribution in [-0.2, 0) is 12.6 Å². The van der Waals surface area contributed by atoms with Crippen LogP contribution in [0.15, 0.2) is 53.1 Å². The Morgan fingerprint density at radius 2 is 1.84 bits per heavy atom. The maximum atomic E-state index is 13.5. The summed E-state index contributed by atoms with van der Waals surface area (Å²) in [5, 5.41) is 4.40. The molecule has 2 atom stereocenters. The second-order valence-corrected chi connectivity index (χ2v) is 10.7. The maximum absolute atomic E-state index is 13.5. The standard InChI is InChI=1S/C28H29FN6O3/c1-15-12-31-26(37-15)22-11-23(34(4)33-22)27(36)35-13-19-20(14-35)25(19)38-24-10-17(28(2,3)30)9-21(32-24)16-5-7-18(29)8-6-16/h5-12,19-20,25H,13-14,30H2,1-4H3. The average Bonchev–Trinajstić information content (AvgIpc) is 3.31. The molecule has 38 heavy (non-hydrogen) atoms. The quantitative estimate of drug-likeness (QED) is 0.413. The summed E-state index contributed by atoms with van der Waals surface area (Å²) in [5.41, 5.74) is 9.12. The molecule has 6 rings (SSSR count). The SMILES string of the molecule is Cc1cnc(-c2cc(C(=O)N3CC4C(C3)C4Oc3cc(C(C)(C)N)cc(-c4ccc(F)cc4)n3)n(C)n2)o1. The van der Waals surface area contributed by atoms with Crippen molar-refractivity contribution in [3.8, 4) is 28.7 Å². The summed E-state index contributed by atoms with van der Waals surface area (Å²) in [5.74, 6) is 1.63. The van der Waals surface area contributed by atoms with Gasteiger partial charge in [-0.25, -0.2) is 14.4 Å². The lowest BCUT2D eigenvalue weighted by Gasteiger charge is -2.22. The van der Waals surface area contributed by atoms with Crippen molar-refractivity contribution in [2.45, 2.75) is 32.4 Å². The molecule has 1 saturated carbocycles. The number of nitrogens with zero attached hydrogens (tertiary/aromatic N) is 5. The topological polar surface area (TPSA) is 112 Å². The zero-order chi connectivity index (χ0) is 26.8. The number of fused-ring (bicyclic) bond motifs is 1. The van der Waals surface area contributed by atoms with Crippen LogP contribution in [0.25, 0.3) is 22.8 Å². The van der Waals surface area contributed by atoms with Crippen LogP contribution in [0.3, 0.4) is 0 Å². The summed E-state index contributed by atoms with van der Waals surface area (Å²) in [6.07, 6.45) is 1.60. The highest BCUT2D eigenvalue weighted by molar-refractivity contribution is 5.93. The molecule has 1 saturated heterocycles. The Kier molecular flexibility index (Phi) is 5.60. The van der Waals surface area contributed by atoms with E-state index in [9.17, 15) is 9.18 Å². The number of amides is 1. The number of aryl methyl sites for hydroxylation is 2. The van der Waals surface area contributed by atoms with E-state index in [4.69, 9.17) is 19.9 Å². The first-order valence-electron chi connectivity index (χ1n) is 12.6. The van der Waals surface area contributed by atoms with E-state index >= 15 is 0 Å². The summed E-state index contributed by atoms with van der Waals surface area (Å²) in [7, 11) is 1.74. The van der Waals surface area contributed by atoms with E-state index in [0.717, 1.165) is 11.1 Å². The van der Waals surface area contributed by atoms with E-state index in [0.29, 0.717) is 47.7 Å². The predicted octanol–water partition coefficient (Wildman–Crippen LogP) is 3.93. The monoisotopic (exact) mass is 516 g/mol. The number of rotatable bonds is 6. The third-order valence-electron chi connectivity index (χ3n) is 7.28. The van der Waals surface area contributed by atoms with Crippen molar-refractivity contribution in [3.05, 3.63) is 71.5 Å². The zero-order valence-electron chi connectivity index (χ0n) is 21.7. The lowest BCUT2D eigenvalue weighted by molar-refractivity contribution is 0.0740. The van der Waals surface area contributed by atoms with E-state index in [1.165, 1.54) is 12.1 Å². The molecular weight excluding hydrogens is 487 g/mol. The molecule has 0 bridgehead atoms. The third-order valence-corrected chi connectivity index (χ3v) is 7.28. The molecule has 4 heterocycles. The van der Waals surface area contributed by atoms with E-state index < -0.39 is 5.54 Å². The highest BCUT2D eigenvalue weighted by Gasteiger charge is 2.59. The van der Waals surface area contributed by atoms with Gasteiger partial charge in [0.1, 0.15) is 29.1 Å². The first-order valence-corrected chi connectivity index (χ1v) is 12.6. The van der Waals surface area contributed by atoms with Gasteiger partial charge in [0.05, 0.1) is 11.9 Å². The molecule has 2 fully saturated rings. The van der Waals surface area contributed by atoms with Crippen molar-refractivity contribution in [1.29, 1.82) is 0 Å². The molecule has 1 aromatic carbocycles. The van der Waals surface area contributed by atoms with Crippen molar-refractivity contribution < 1.29 is 18.3 Å². The fourth-order valence-corrected chi connectivity index (χ4v) is 5.07. The summed E-state index contributed by atoms with van der Waals surface area (Å²) >= 11 is 0. The minimum Gasteiger partial charge on any atom is -0.474 e. The van der Waals surface area contributed by atoms with Gasteiger partial charge in [0, 0.05) is 55.2 Å². The van der Waals surface area contributed by atoms with E-state index in [1.54, 1.807) is 36.1 Å². The van der Waals surface area contributed by atoms with Gasteiger partial charge in [-0.05, 0) is 56.7 Å². The van der Waals surface area contributed by atoms with Gasteiger partial charge >= 0.3 is 0 Å². The van der Waals surface area contributed by atoms with Crippen LogP contribution in [0, 0.1) is 24.6 Å². The van der Waals surface area contributed by atoms with Gasteiger partial charge in [-0.2, -0.15) is 5.10 Å². The molecule has 0 radical (unpaired) electrons. The zero-order valence-corrected chi connectivity index (χ0v) is 21.7. The van der Waals surface area contributed by atoms with Crippen molar-refractivity contribution in [1.82, 2.24) is 24.6 Å². The smallest absolute Gasteiger partial charge is 0.272 e. The number of carbonyl (C=O) groups is 1. The third kappa shape index (κ3) is 4.45. The summed E-state index contributed by atoms with van der Waals surface area (Å²) in [6, 6.07) is 11.7. The van der Waals surface area contributed by atoms with Gasteiger partial charge in [-0.3, -0.25) is 9.48 Å². The van der Waals surface area contributed by atoms with Gasteiger partial charge < -0.3 is 19.8 Å². The molecule has 3 aromatic heterocycles. The van der Waals surface area contributed by atoms with Gasteiger partial charge in [0.2, 0.25) is 11.8 Å². The lowest BCUT2D eigenvalue weighted by Crippen LogP contribution is -2.34. The van der Waals surface area contributed by atoms with E-state index in [2.05, 4.69) is 10.1 Å². The minimum absolute atomic E-state index is 0.0267. The molecule has 10 heteroatoms. The van der Waals surface area contributed by atoms with Gasteiger partial charge in [-0.15, -0.1) is 0 Å². The number of hydrogen-bond donors (Lipinski definition) is 1. The fraction of sp³-hybridized carbons (Fsp3) is 0.357. The highest BCUT2D eigenvalue weighted by atomic mass is 19.1. The molecule has 9 nitrogen and oxygen atoms in total. The van der Waals surface area contributed by atoms with Crippen molar-refractivity contribution in [2.75, 3.05) is 13.1 Å². The molecule has 0 spiro atoms. The van der Waals surface area contributed by atoms with Crippen LogP contribution < -0.4 is 10.5 Å². The molecule has 1 aliphatic carbocycles. The maximum Gasteiger partial charge on any atom is 0.272 e. The Morgan fingerprint density at radius 1 is 1.13 bits per heavy atom. The van der Waals surface area contributed by atoms with Crippen LogP contribution in [0.1, 0.15) is 35.7 Å². The second kappa shape index (κ2) is 8.76. The Hall–Kier alpha value is -4.05. The Labute approximate surface area is 219 Å². The molecule has 1 aliphatic heterocycles. The van der Waals surface area contributed by atoms with Crippen molar-refractivity contribution in [2.24, 2.45) is 24.6 Å². The summed E-state index contributed by atoms with van der Waals surface area (Å²) in [4.78, 5) is 24.0. The van der Waals surface area contributed by atoms with E-state index in [-0.39, 0.29) is 29.7 Å². The normalized spacial score (nSPS) is 20.5. The average molecular weight is 517 g/mol. The molecule has 196 valence electrons. The number of oxazole rings is 1. The largest absolute Gasteiger partial charge is 0.474 e. The van der Waals surface area contributed by atoms with Crippen LogP contribution in [-0.4, -0.2) is 49.7 Å². The molecule has 4 aromatic rings. The number of halogens is 1. The van der Waals surface area contributed by atoms with Gasteiger partial charge in [-0.1, -0.05) is 0 Å². The van der Waals surface area contributed by atoms with Crippen LogP contribution in [0.2, 0.25) is 0 Å². The molecule has 2 unspecified atom stereocenters. The first kappa shape index (κ1) is 24.3. The van der Waals surface area contributed by atoms with Gasteiger partial charge in [0.15, 0.2) is 0 Å². The van der Waals surface area contributed by atoms with Crippen LogP contribution >= 0.6 is 0 Å². The molecule has 2 aliphatic rings. The molecular formula is C28H29FN6O3. The van der Waals surface area contributed by atoms with Crippen molar-refractivity contribution in [3.63, 3.8) is 0 Å². The number of nitrogens with two attached hydrogens (primary N) is 1. The Balaban J connectivity index is 1.16. The number of piperidine rings is 1. The van der Waals surface area contributed by atoms with Crippen LogP contribution in [0.5, 0.6) is 5.88 Å². The fourth-order valence-electron chi connectivity index (χ4n) is 5.07. The molecule has 1 amide bonds. The number of hydrogen-bond acceptors (Lipinski definition) is 7. The van der Waals surface area contributed by atoms with Gasteiger partial charge in [0.25, 0.3) is 5.91 Å². The number of likely N-dealkylation sites (tertiary alicyclic amines) is 1. The summed E-state index contributed by atoms with van der Waals surface area (Å²) < 4.78 is 26.9. The number of carbonyl (C=O) groups excluding carboxylic acids is 1. The Morgan fingerprint density at radius 3 is 2.47 bits per heavy atom. The highest BCUT2D eigenvalue weighted by Crippen LogP contribution is 2.48. The second-order valence-electron chi connectivity index (χ2n) is 10.7. The van der Waals surface area contributed by atoms with E-state index in [1.807, 2.05) is 37.8 Å². The first-order chi connectivity index (χ1) is 18.1. The molecule has 2 N–H and O–H groups in total. The lowest BCUT2D eigenvalue weighted by atomic mass is 9.95. The minimum atomic E-state index is -0.607. The summed E-state index contributed by atoms with van der Waals surface area (Å²) in [6.45, 7) is 6.85. The Bertz CT molecular complexity index is 1510. The number of aromatic nitrogens is 4. The predicted molar refractivity (Wildman–Crippen MR) is 138 cm³/mol. The number of ether oxygens (including phenoxy) is 1. The van der Waals surface area contributed by atoms with Crippen molar-refractivity contribution >= 4 is 5.91 Å². The number of benzene rings is 1. The van der Waals surface area contributed by atoms with Crippen LogP contribution in [0.4, 0.5) is 4.39 Å².